The fraction of sp³-hybridized carbons (Fsp3) is 0.310. The molecule has 1 saturated heterocycles. The van der Waals surface area contributed by atoms with Crippen molar-refractivity contribution in [2.24, 2.45) is 0 Å². The van der Waals surface area contributed by atoms with Crippen LogP contribution in [0.2, 0.25) is 5.02 Å². The van der Waals surface area contributed by atoms with Gasteiger partial charge in [-0.1, -0.05) is 29.8 Å². The van der Waals surface area contributed by atoms with Crippen LogP contribution >= 0.6 is 11.6 Å². The van der Waals surface area contributed by atoms with Crippen LogP contribution in [0.15, 0.2) is 59.8 Å². The van der Waals surface area contributed by atoms with Gasteiger partial charge in [-0.25, -0.2) is 36.1 Å². The van der Waals surface area contributed by atoms with Crippen LogP contribution in [0.25, 0.3) is 5.65 Å². The van der Waals surface area contributed by atoms with E-state index in [-0.39, 0.29) is 28.8 Å². The molecule has 2 aliphatic rings. The van der Waals surface area contributed by atoms with Crippen LogP contribution in [0.1, 0.15) is 46.7 Å². The first-order valence-corrected chi connectivity index (χ1v) is 15.8. The molecule has 1 aliphatic carbocycles. The van der Waals surface area contributed by atoms with E-state index in [1.54, 1.807) is 40.0 Å². The minimum absolute atomic E-state index is 0.0710. The number of nitrogens with zero attached hydrogens (tertiary/aromatic N) is 4. The van der Waals surface area contributed by atoms with Gasteiger partial charge in [-0.2, -0.15) is 9.61 Å². The maximum atomic E-state index is 13.9. The van der Waals surface area contributed by atoms with Crippen LogP contribution in [0.3, 0.4) is 0 Å². The number of hydrogen-bond acceptors (Lipinski definition) is 7. The van der Waals surface area contributed by atoms with Crippen molar-refractivity contribution >= 4 is 50.7 Å². The summed E-state index contributed by atoms with van der Waals surface area (Å²) in [5, 5.41) is 9.50. The van der Waals surface area contributed by atoms with Gasteiger partial charge in [-0.05, 0) is 61.1 Å². The molecule has 0 bridgehead atoms. The Kier molecular flexibility index (Phi) is 7.85. The molecule has 2 aromatic heterocycles. The summed E-state index contributed by atoms with van der Waals surface area (Å²) in [6.45, 7) is 2.65. The van der Waals surface area contributed by atoms with Crippen molar-refractivity contribution in [2.45, 2.75) is 49.0 Å². The van der Waals surface area contributed by atoms with Crippen molar-refractivity contribution in [3.63, 3.8) is 0 Å². The Morgan fingerprint density at radius 2 is 1.76 bits per heavy atom. The van der Waals surface area contributed by atoms with Gasteiger partial charge in [0.15, 0.2) is 10.5 Å². The number of hydrogen-bond donors (Lipinski definition) is 3. The number of fused-ring (bicyclic) bond motifs is 1. The quantitative estimate of drug-likeness (QED) is 0.254. The number of likely N-dealkylation sites (tertiary alicyclic amines) is 1. The predicted molar refractivity (Wildman–Crippen MR) is 159 cm³/mol. The largest absolute Gasteiger partial charge is 0.338 e. The lowest BCUT2D eigenvalue weighted by molar-refractivity contribution is 0.0713. The Morgan fingerprint density at radius 1 is 1.07 bits per heavy atom. The zero-order chi connectivity index (χ0) is 32.1. The monoisotopic (exact) mass is 661 g/mol. The van der Waals surface area contributed by atoms with E-state index >= 15 is 0 Å². The summed E-state index contributed by atoms with van der Waals surface area (Å²) in [4.78, 5) is 31.4. The average Bonchev–Trinajstić information content (AvgIpc) is 3.36. The molecule has 0 radical (unpaired) electrons. The van der Waals surface area contributed by atoms with Crippen LogP contribution in [0, 0.1) is 12.7 Å². The lowest BCUT2D eigenvalue weighted by Crippen LogP contribution is -2.41. The number of rotatable bonds is 7. The molecule has 16 heteroatoms. The number of alkyl halides is 2. The lowest BCUT2D eigenvalue weighted by atomic mass is 9.89. The number of aromatic nitrogens is 3. The number of halogens is 4. The standard InChI is InChI=1S/C29H27ClF3N7O4S/c1-16-2-7-21(30)22(12-16)36-25-20(27(41)39-10-8-18(9-11-39)17-3-5-19(31)6-4-17)14-34-26-23(15-35-40(25)26)45(43,44)38-28(42)37-24-13-29(24,32)33/h2-7,12,14-15,18,24,36H,8-11,13H2,1H3,(H2,37,38,42). The van der Waals surface area contributed by atoms with Gasteiger partial charge in [-0.3, -0.25) is 4.79 Å². The summed E-state index contributed by atoms with van der Waals surface area (Å²) >= 11 is 6.43. The van der Waals surface area contributed by atoms with Crippen LogP contribution in [-0.4, -0.2) is 64.9 Å². The number of amides is 3. The van der Waals surface area contributed by atoms with Crippen LogP contribution < -0.4 is 15.4 Å². The summed E-state index contributed by atoms with van der Waals surface area (Å²) < 4.78 is 68.8. The van der Waals surface area contributed by atoms with Crippen LogP contribution in [0.5, 0.6) is 0 Å². The van der Waals surface area contributed by atoms with E-state index in [1.807, 2.05) is 12.2 Å². The Bertz CT molecular complexity index is 1910. The normalized spacial score (nSPS) is 18.1. The van der Waals surface area contributed by atoms with Gasteiger partial charge in [0.1, 0.15) is 23.2 Å². The first-order valence-electron chi connectivity index (χ1n) is 14.0. The molecule has 236 valence electrons. The smallest absolute Gasteiger partial charge is 0.329 e. The number of nitrogens with one attached hydrogen (secondary N) is 3. The van der Waals surface area contributed by atoms with Crippen molar-refractivity contribution in [1.29, 1.82) is 0 Å². The minimum Gasteiger partial charge on any atom is -0.338 e. The second-order valence-corrected chi connectivity index (χ2v) is 13.1. The van der Waals surface area contributed by atoms with Crippen molar-refractivity contribution < 1.29 is 31.2 Å². The van der Waals surface area contributed by atoms with E-state index in [2.05, 4.69) is 15.4 Å². The van der Waals surface area contributed by atoms with E-state index in [4.69, 9.17) is 11.6 Å². The molecule has 3 heterocycles. The molecular weight excluding hydrogens is 635 g/mol. The fourth-order valence-electron chi connectivity index (χ4n) is 5.29. The third-order valence-corrected chi connectivity index (χ3v) is 9.52. The van der Waals surface area contributed by atoms with Gasteiger partial charge < -0.3 is 15.5 Å². The Morgan fingerprint density at radius 3 is 2.42 bits per heavy atom. The number of sulfonamides is 1. The lowest BCUT2D eigenvalue weighted by Gasteiger charge is -2.32. The number of carbonyl (C=O) groups is 2. The molecular formula is C29H27ClF3N7O4S. The van der Waals surface area contributed by atoms with E-state index < -0.39 is 45.2 Å². The van der Waals surface area contributed by atoms with Crippen molar-refractivity contribution in [1.82, 2.24) is 29.5 Å². The number of anilines is 2. The highest BCUT2D eigenvalue weighted by molar-refractivity contribution is 7.90. The summed E-state index contributed by atoms with van der Waals surface area (Å²) in [5.41, 5.74) is 2.10. The highest BCUT2D eigenvalue weighted by Crippen LogP contribution is 2.41. The molecule has 0 spiro atoms. The maximum Gasteiger partial charge on any atom is 0.329 e. The Balaban J connectivity index is 1.31. The summed E-state index contributed by atoms with van der Waals surface area (Å²) in [6, 6.07) is 8.71. The second-order valence-electron chi connectivity index (χ2n) is 11.1. The van der Waals surface area contributed by atoms with Gasteiger partial charge in [0.2, 0.25) is 0 Å². The summed E-state index contributed by atoms with van der Waals surface area (Å²) in [6.07, 6.45) is 2.85. The van der Waals surface area contributed by atoms with Gasteiger partial charge in [0.05, 0.1) is 16.9 Å². The Labute approximate surface area is 260 Å². The van der Waals surface area contributed by atoms with Crippen molar-refractivity contribution in [3.05, 3.63) is 82.4 Å². The van der Waals surface area contributed by atoms with Gasteiger partial charge >= 0.3 is 6.03 Å². The van der Waals surface area contributed by atoms with Gasteiger partial charge in [0, 0.05) is 25.7 Å². The topological polar surface area (TPSA) is 138 Å². The zero-order valence-electron chi connectivity index (χ0n) is 23.7. The summed E-state index contributed by atoms with van der Waals surface area (Å²) in [5.74, 6) is -3.59. The molecule has 6 rings (SSSR count). The number of benzene rings is 2. The molecule has 1 atom stereocenters. The van der Waals surface area contributed by atoms with Gasteiger partial charge in [0.25, 0.3) is 21.9 Å². The maximum absolute atomic E-state index is 13.9. The number of piperidine rings is 1. The zero-order valence-corrected chi connectivity index (χ0v) is 25.3. The van der Waals surface area contributed by atoms with E-state index in [9.17, 15) is 31.2 Å². The van der Waals surface area contributed by atoms with Crippen molar-refractivity contribution in [2.75, 3.05) is 18.4 Å². The van der Waals surface area contributed by atoms with Crippen molar-refractivity contribution in [3.8, 4) is 0 Å². The van der Waals surface area contributed by atoms with E-state index in [0.29, 0.717) is 36.6 Å². The first-order chi connectivity index (χ1) is 21.3. The molecule has 2 aromatic carbocycles. The predicted octanol–water partition coefficient (Wildman–Crippen LogP) is 4.99. The summed E-state index contributed by atoms with van der Waals surface area (Å²) in [7, 11) is -4.62. The van der Waals surface area contributed by atoms with Gasteiger partial charge in [-0.15, -0.1) is 0 Å². The number of aryl methyl sites for hydroxylation is 1. The first kappa shape index (κ1) is 30.6. The van der Waals surface area contributed by atoms with E-state index in [0.717, 1.165) is 21.8 Å². The molecule has 1 unspecified atom stereocenters. The molecule has 4 aromatic rings. The molecule has 2 fully saturated rings. The van der Waals surface area contributed by atoms with Crippen LogP contribution in [0.4, 0.5) is 29.5 Å². The fourth-order valence-corrected chi connectivity index (χ4v) is 6.44. The highest BCUT2D eigenvalue weighted by Gasteiger charge is 2.58. The average molecular weight is 662 g/mol. The second kappa shape index (κ2) is 11.5. The third kappa shape index (κ3) is 6.27. The minimum atomic E-state index is -4.62. The molecule has 45 heavy (non-hydrogen) atoms. The molecule has 11 nitrogen and oxygen atoms in total. The number of urea groups is 1. The number of carbonyl (C=O) groups excluding carboxylic acids is 2. The molecule has 1 aliphatic heterocycles. The molecule has 3 amide bonds. The highest BCUT2D eigenvalue weighted by atomic mass is 35.5. The molecule has 3 N–H and O–H groups in total. The Hall–Kier alpha value is -4.37. The van der Waals surface area contributed by atoms with Crippen LogP contribution in [-0.2, 0) is 10.0 Å². The molecule has 1 saturated carbocycles. The third-order valence-electron chi connectivity index (χ3n) is 7.87. The SMILES string of the molecule is Cc1ccc(Cl)c(Nc2c(C(=O)N3CCC(c4ccc(F)cc4)CC3)cnc3c(S(=O)(=O)NC(=O)NC4CC4(F)F)cnn23)c1. The van der Waals surface area contributed by atoms with E-state index in [1.165, 1.54) is 18.3 Å².